The summed E-state index contributed by atoms with van der Waals surface area (Å²) in [6, 6.07) is 14.9. The zero-order valence-electron chi connectivity index (χ0n) is 15.2. The summed E-state index contributed by atoms with van der Waals surface area (Å²) in [7, 11) is 3.23. The Hall–Kier alpha value is -3.54. The molecular formula is C21H21N3O3. The number of rotatable bonds is 7. The van der Waals surface area contributed by atoms with Gasteiger partial charge in [-0.05, 0) is 41.5 Å². The first kappa shape index (κ1) is 18.3. The van der Waals surface area contributed by atoms with Crippen LogP contribution in [0.1, 0.15) is 15.9 Å². The molecular weight excluding hydrogens is 342 g/mol. The molecule has 0 bridgehead atoms. The molecule has 6 heteroatoms. The molecule has 3 N–H and O–H groups in total. The number of carbonyl (C=O) groups is 1. The van der Waals surface area contributed by atoms with E-state index in [1.165, 1.54) is 0 Å². The van der Waals surface area contributed by atoms with Crippen molar-refractivity contribution >= 4 is 11.6 Å². The summed E-state index contributed by atoms with van der Waals surface area (Å²) in [5.41, 5.74) is 9.53. The first-order valence-electron chi connectivity index (χ1n) is 8.41. The summed E-state index contributed by atoms with van der Waals surface area (Å²) < 4.78 is 10.6. The third kappa shape index (κ3) is 4.36. The van der Waals surface area contributed by atoms with Gasteiger partial charge in [0.05, 0.1) is 19.9 Å². The lowest BCUT2D eigenvalue weighted by Gasteiger charge is -2.11. The summed E-state index contributed by atoms with van der Waals surface area (Å²) in [6.07, 6.45) is 3.50. The number of methoxy groups -OCH3 is 2. The number of nitrogens with one attached hydrogen (secondary N) is 1. The highest BCUT2D eigenvalue weighted by atomic mass is 16.5. The van der Waals surface area contributed by atoms with Crippen LogP contribution in [-0.4, -0.2) is 25.1 Å². The van der Waals surface area contributed by atoms with E-state index in [9.17, 15) is 4.79 Å². The van der Waals surface area contributed by atoms with Gasteiger partial charge in [0.25, 0.3) is 0 Å². The number of nitrogens with two attached hydrogens (primary N) is 1. The highest BCUT2D eigenvalue weighted by molar-refractivity contribution is 5.94. The van der Waals surface area contributed by atoms with Gasteiger partial charge in [-0.25, -0.2) is 0 Å². The molecule has 0 atom stereocenters. The van der Waals surface area contributed by atoms with Crippen LogP contribution in [0.25, 0.3) is 11.1 Å². The third-order valence-corrected chi connectivity index (χ3v) is 4.16. The van der Waals surface area contributed by atoms with Crippen LogP contribution in [0.3, 0.4) is 0 Å². The number of ether oxygens (including phenoxy) is 2. The maximum absolute atomic E-state index is 11.4. The van der Waals surface area contributed by atoms with E-state index in [2.05, 4.69) is 10.3 Å². The summed E-state index contributed by atoms with van der Waals surface area (Å²) in [5, 5.41) is 3.35. The minimum atomic E-state index is -0.451. The van der Waals surface area contributed by atoms with Crippen molar-refractivity contribution in [2.75, 3.05) is 19.5 Å². The molecule has 0 spiro atoms. The Balaban J connectivity index is 1.77. The van der Waals surface area contributed by atoms with E-state index in [1.807, 2.05) is 30.3 Å². The first-order valence-corrected chi connectivity index (χ1v) is 8.41. The predicted molar refractivity (Wildman–Crippen MR) is 105 cm³/mol. The molecule has 2 aromatic carbocycles. The first-order chi connectivity index (χ1) is 13.1. The van der Waals surface area contributed by atoms with Gasteiger partial charge in [0.15, 0.2) is 11.5 Å². The van der Waals surface area contributed by atoms with Gasteiger partial charge in [0, 0.05) is 30.1 Å². The molecule has 138 valence electrons. The molecule has 27 heavy (non-hydrogen) atoms. The summed E-state index contributed by atoms with van der Waals surface area (Å²) in [4.78, 5) is 15.7. The van der Waals surface area contributed by atoms with Crippen LogP contribution in [0.5, 0.6) is 11.5 Å². The minimum Gasteiger partial charge on any atom is -0.493 e. The van der Waals surface area contributed by atoms with E-state index in [1.54, 1.807) is 44.8 Å². The topological polar surface area (TPSA) is 86.5 Å². The van der Waals surface area contributed by atoms with Gasteiger partial charge in [-0.1, -0.05) is 18.2 Å². The van der Waals surface area contributed by atoms with Crippen molar-refractivity contribution in [3.8, 4) is 22.6 Å². The summed E-state index contributed by atoms with van der Waals surface area (Å²) in [6.45, 7) is 0.604. The SMILES string of the molecule is COc1ccc(CNc2cncc(-c3cccc(C(N)=O)c3)c2)cc1OC. The van der Waals surface area contributed by atoms with E-state index in [0.717, 1.165) is 22.4 Å². The van der Waals surface area contributed by atoms with Gasteiger partial charge in [-0.3, -0.25) is 9.78 Å². The smallest absolute Gasteiger partial charge is 0.248 e. The molecule has 0 aliphatic heterocycles. The second-order valence-corrected chi connectivity index (χ2v) is 5.95. The van der Waals surface area contributed by atoms with Crippen molar-refractivity contribution in [3.63, 3.8) is 0 Å². The largest absolute Gasteiger partial charge is 0.493 e. The number of hydrogen-bond acceptors (Lipinski definition) is 5. The molecule has 0 saturated heterocycles. The highest BCUT2D eigenvalue weighted by Gasteiger charge is 2.06. The number of primary amides is 1. The zero-order chi connectivity index (χ0) is 19.2. The van der Waals surface area contributed by atoms with Crippen LogP contribution in [0.15, 0.2) is 60.9 Å². The maximum Gasteiger partial charge on any atom is 0.248 e. The monoisotopic (exact) mass is 363 g/mol. The fraction of sp³-hybridized carbons (Fsp3) is 0.143. The quantitative estimate of drug-likeness (QED) is 0.671. The van der Waals surface area contributed by atoms with Gasteiger partial charge in [-0.15, -0.1) is 0 Å². The zero-order valence-corrected chi connectivity index (χ0v) is 15.2. The van der Waals surface area contributed by atoms with Crippen LogP contribution in [0.4, 0.5) is 5.69 Å². The fourth-order valence-corrected chi connectivity index (χ4v) is 2.74. The molecule has 0 saturated carbocycles. The third-order valence-electron chi connectivity index (χ3n) is 4.16. The van der Waals surface area contributed by atoms with E-state index in [-0.39, 0.29) is 0 Å². The number of aromatic nitrogens is 1. The molecule has 6 nitrogen and oxygen atoms in total. The molecule has 0 unspecified atom stereocenters. The molecule has 0 aliphatic rings. The Morgan fingerprint density at radius 2 is 1.81 bits per heavy atom. The van der Waals surface area contributed by atoms with Crippen molar-refractivity contribution < 1.29 is 14.3 Å². The van der Waals surface area contributed by atoms with Gasteiger partial charge in [0.2, 0.25) is 5.91 Å². The number of amides is 1. The van der Waals surface area contributed by atoms with Crippen molar-refractivity contribution in [3.05, 3.63) is 72.1 Å². The Bertz CT molecular complexity index is 957. The molecule has 3 rings (SSSR count). The number of nitrogens with zero attached hydrogens (tertiary/aromatic N) is 1. The Kier molecular flexibility index (Phi) is 5.56. The Morgan fingerprint density at radius 3 is 2.56 bits per heavy atom. The fourth-order valence-electron chi connectivity index (χ4n) is 2.74. The van der Waals surface area contributed by atoms with Crippen LogP contribution in [0.2, 0.25) is 0 Å². The maximum atomic E-state index is 11.4. The van der Waals surface area contributed by atoms with Crippen molar-refractivity contribution in [2.45, 2.75) is 6.54 Å². The van der Waals surface area contributed by atoms with Gasteiger partial charge in [-0.2, -0.15) is 0 Å². The standard InChI is InChI=1S/C21H21N3O3/c1-26-19-7-6-14(8-20(19)27-2)11-24-18-10-17(12-23-13-18)15-4-3-5-16(9-15)21(22)25/h3-10,12-13,24H,11H2,1-2H3,(H2,22,25). The molecule has 1 amide bonds. The number of hydrogen-bond donors (Lipinski definition) is 2. The normalized spacial score (nSPS) is 10.3. The molecule has 1 heterocycles. The van der Waals surface area contributed by atoms with Crippen molar-refractivity contribution in [1.82, 2.24) is 4.98 Å². The number of carbonyl (C=O) groups excluding carboxylic acids is 1. The number of benzene rings is 2. The highest BCUT2D eigenvalue weighted by Crippen LogP contribution is 2.28. The summed E-state index contributed by atoms with van der Waals surface area (Å²) in [5.74, 6) is 0.929. The van der Waals surface area contributed by atoms with Crippen molar-refractivity contribution in [2.24, 2.45) is 5.73 Å². The van der Waals surface area contributed by atoms with E-state index >= 15 is 0 Å². The lowest BCUT2D eigenvalue weighted by atomic mass is 10.0. The molecule has 0 aliphatic carbocycles. The van der Waals surface area contributed by atoms with Gasteiger partial charge >= 0.3 is 0 Å². The minimum absolute atomic E-state index is 0.451. The molecule has 0 fully saturated rings. The molecule has 1 aromatic heterocycles. The van der Waals surface area contributed by atoms with Crippen LogP contribution in [0, 0.1) is 0 Å². The lowest BCUT2D eigenvalue weighted by molar-refractivity contribution is 0.100. The molecule has 0 radical (unpaired) electrons. The average Bonchev–Trinajstić information content (AvgIpc) is 2.72. The van der Waals surface area contributed by atoms with Crippen molar-refractivity contribution in [1.29, 1.82) is 0 Å². The second-order valence-electron chi connectivity index (χ2n) is 5.95. The summed E-state index contributed by atoms with van der Waals surface area (Å²) >= 11 is 0. The molecule has 3 aromatic rings. The van der Waals surface area contributed by atoms with Crippen LogP contribution in [-0.2, 0) is 6.54 Å². The Labute approximate surface area is 158 Å². The predicted octanol–water partition coefficient (Wildman–Crippen LogP) is 3.48. The lowest BCUT2D eigenvalue weighted by Crippen LogP contribution is -2.10. The average molecular weight is 363 g/mol. The van der Waals surface area contributed by atoms with Crippen LogP contribution < -0.4 is 20.5 Å². The van der Waals surface area contributed by atoms with Gasteiger partial charge < -0.3 is 20.5 Å². The second kappa shape index (κ2) is 8.23. The Morgan fingerprint density at radius 1 is 1.00 bits per heavy atom. The van der Waals surface area contributed by atoms with Crippen LogP contribution >= 0.6 is 0 Å². The van der Waals surface area contributed by atoms with Gasteiger partial charge in [0.1, 0.15) is 0 Å². The van der Waals surface area contributed by atoms with E-state index < -0.39 is 5.91 Å². The number of pyridine rings is 1. The van der Waals surface area contributed by atoms with E-state index in [4.69, 9.17) is 15.2 Å². The number of anilines is 1. The van der Waals surface area contributed by atoms with E-state index in [0.29, 0.717) is 23.6 Å².